The Labute approximate surface area is 252 Å². The van der Waals surface area contributed by atoms with Crippen molar-refractivity contribution in [2.24, 2.45) is 0 Å². The van der Waals surface area contributed by atoms with Gasteiger partial charge in [0.25, 0.3) is 5.91 Å². The average Bonchev–Trinajstić information content (AvgIpc) is 3.64. The second-order valence-electron chi connectivity index (χ2n) is 10.5. The highest BCUT2D eigenvalue weighted by Gasteiger charge is 2.39. The molecule has 0 spiro atoms. The smallest absolute Gasteiger partial charge is 0.254 e. The minimum atomic E-state index is -0.477. The van der Waals surface area contributed by atoms with E-state index in [1.165, 1.54) is 6.07 Å². The molecule has 2 aliphatic rings. The molecule has 216 valence electrons. The monoisotopic (exact) mass is 607 g/mol. The molecule has 2 amide bonds. The third-order valence-electron chi connectivity index (χ3n) is 8.06. The topological polar surface area (TPSA) is 80.6 Å². The molecule has 0 N–H and O–H groups in total. The van der Waals surface area contributed by atoms with E-state index < -0.39 is 11.9 Å². The van der Waals surface area contributed by atoms with Gasteiger partial charge >= 0.3 is 0 Å². The van der Waals surface area contributed by atoms with E-state index in [4.69, 9.17) is 27.9 Å². The number of aromatic nitrogens is 3. The molecule has 8 nitrogen and oxygen atoms in total. The summed E-state index contributed by atoms with van der Waals surface area (Å²) in [5.74, 6) is 0.0130. The zero-order chi connectivity index (χ0) is 29.4. The Morgan fingerprint density at radius 3 is 2.50 bits per heavy atom. The van der Waals surface area contributed by atoms with Gasteiger partial charge in [0.1, 0.15) is 23.3 Å². The predicted molar refractivity (Wildman–Crippen MR) is 158 cm³/mol. The second kappa shape index (κ2) is 11.7. The molecule has 0 saturated carbocycles. The first-order valence-electron chi connectivity index (χ1n) is 13.7. The van der Waals surface area contributed by atoms with Gasteiger partial charge in [0, 0.05) is 47.4 Å². The van der Waals surface area contributed by atoms with Crippen molar-refractivity contribution < 1.29 is 18.7 Å². The van der Waals surface area contributed by atoms with Gasteiger partial charge < -0.3 is 14.5 Å². The molecule has 3 aromatic carbocycles. The van der Waals surface area contributed by atoms with E-state index >= 15 is 0 Å². The van der Waals surface area contributed by atoms with Crippen LogP contribution in [0.4, 0.5) is 4.39 Å². The van der Waals surface area contributed by atoms with E-state index in [2.05, 4.69) is 10.3 Å². The number of halogens is 3. The quantitative estimate of drug-likeness (QED) is 0.263. The lowest BCUT2D eigenvalue weighted by Gasteiger charge is -2.37. The van der Waals surface area contributed by atoms with Crippen molar-refractivity contribution in [1.29, 1.82) is 0 Å². The zero-order valence-corrected chi connectivity index (χ0v) is 24.4. The van der Waals surface area contributed by atoms with E-state index in [-0.39, 0.29) is 17.9 Å². The van der Waals surface area contributed by atoms with Gasteiger partial charge in [-0.2, -0.15) is 0 Å². The predicted octanol–water partition coefficient (Wildman–Crippen LogP) is 6.14. The van der Waals surface area contributed by atoms with Crippen LogP contribution in [0.5, 0.6) is 5.75 Å². The Hall–Kier alpha value is -3.95. The lowest BCUT2D eigenvalue weighted by molar-refractivity contribution is -0.133. The summed E-state index contributed by atoms with van der Waals surface area (Å²) in [5, 5.41) is 9.33. The second-order valence-corrected chi connectivity index (χ2v) is 11.3. The van der Waals surface area contributed by atoms with E-state index in [9.17, 15) is 14.0 Å². The zero-order valence-electron chi connectivity index (χ0n) is 22.8. The van der Waals surface area contributed by atoms with Crippen molar-refractivity contribution in [3.05, 3.63) is 88.3 Å². The summed E-state index contributed by atoms with van der Waals surface area (Å²) in [6.07, 6.45) is 3.68. The molecule has 3 heterocycles. The van der Waals surface area contributed by atoms with Crippen LogP contribution >= 0.6 is 23.2 Å². The number of carbonyl (C=O) groups is 2. The molecule has 4 aromatic rings. The Morgan fingerprint density at radius 1 is 0.952 bits per heavy atom. The molecule has 42 heavy (non-hydrogen) atoms. The van der Waals surface area contributed by atoms with Gasteiger partial charge in [0.05, 0.1) is 18.3 Å². The van der Waals surface area contributed by atoms with Crippen molar-refractivity contribution >= 4 is 35.0 Å². The number of ether oxygens (including phenoxy) is 1. The summed E-state index contributed by atoms with van der Waals surface area (Å²) in [5.41, 5.74) is 2.54. The maximum Gasteiger partial charge on any atom is 0.254 e. The van der Waals surface area contributed by atoms with Crippen molar-refractivity contribution in [2.45, 2.75) is 31.3 Å². The number of carbonyl (C=O) groups excluding carboxylic acids is 2. The molecular formula is C31H28Cl2FN5O3. The summed E-state index contributed by atoms with van der Waals surface area (Å²) >= 11 is 12.3. The molecule has 2 saturated heterocycles. The summed E-state index contributed by atoms with van der Waals surface area (Å²) in [7, 11) is 1.58. The Kier molecular flexibility index (Phi) is 7.88. The van der Waals surface area contributed by atoms with Crippen molar-refractivity contribution in [1.82, 2.24) is 24.8 Å². The number of hydrogen-bond acceptors (Lipinski definition) is 5. The highest BCUT2D eigenvalue weighted by Crippen LogP contribution is 2.34. The van der Waals surface area contributed by atoms with E-state index in [0.717, 1.165) is 0 Å². The summed E-state index contributed by atoms with van der Waals surface area (Å²) in [4.78, 5) is 30.7. The van der Waals surface area contributed by atoms with Gasteiger partial charge in [-0.1, -0.05) is 46.6 Å². The van der Waals surface area contributed by atoms with Gasteiger partial charge in [-0.15, -0.1) is 5.10 Å². The number of hydrogen-bond donors (Lipinski definition) is 0. The van der Waals surface area contributed by atoms with Gasteiger partial charge in [0.15, 0.2) is 0 Å². The molecule has 0 bridgehead atoms. The third-order valence-corrected chi connectivity index (χ3v) is 8.63. The molecule has 2 aliphatic heterocycles. The Balaban J connectivity index is 1.12. The summed E-state index contributed by atoms with van der Waals surface area (Å²) in [6.45, 7) is 1.60. The molecule has 1 unspecified atom stereocenters. The number of rotatable bonds is 6. The van der Waals surface area contributed by atoms with Crippen LogP contribution in [0.15, 0.2) is 66.9 Å². The van der Waals surface area contributed by atoms with Crippen molar-refractivity contribution in [3.63, 3.8) is 0 Å². The Bertz CT molecular complexity index is 1650. The molecule has 0 aliphatic carbocycles. The molecular weight excluding hydrogens is 580 g/mol. The van der Waals surface area contributed by atoms with Crippen LogP contribution in [-0.4, -0.2) is 69.4 Å². The molecule has 11 heteroatoms. The lowest BCUT2D eigenvalue weighted by atomic mass is 9.97. The minimum absolute atomic E-state index is 0.00322. The molecule has 2 fully saturated rings. The van der Waals surface area contributed by atoms with E-state index in [1.54, 1.807) is 77.5 Å². The van der Waals surface area contributed by atoms with Gasteiger partial charge in [-0.25, -0.2) is 9.07 Å². The van der Waals surface area contributed by atoms with Crippen LogP contribution in [-0.2, 0) is 4.79 Å². The van der Waals surface area contributed by atoms with Gasteiger partial charge in [0.2, 0.25) is 5.91 Å². The third kappa shape index (κ3) is 5.34. The first-order valence-corrected chi connectivity index (χ1v) is 14.5. The molecule has 0 radical (unpaired) electrons. The maximum atomic E-state index is 14.7. The fraction of sp³-hybridized carbons (Fsp3) is 0.290. The first-order chi connectivity index (χ1) is 20.3. The van der Waals surface area contributed by atoms with Crippen LogP contribution in [0.3, 0.4) is 0 Å². The van der Waals surface area contributed by atoms with Gasteiger partial charge in [-0.05, 0) is 67.3 Å². The van der Waals surface area contributed by atoms with Gasteiger partial charge in [-0.3, -0.25) is 9.59 Å². The van der Waals surface area contributed by atoms with Crippen LogP contribution in [0.2, 0.25) is 10.0 Å². The SMILES string of the molecule is COc1ccc(Cl)c(-c2cn(C3CCN(C4CCN(C(=O)c5ccccc5-c5ccc(Cl)cc5F)CC4)C3=O)nn2)c1. The molecule has 1 atom stereocenters. The summed E-state index contributed by atoms with van der Waals surface area (Å²) in [6, 6.07) is 16.3. The fourth-order valence-electron chi connectivity index (χ4n) is 5.84. The Morgan fingerprint density at radius 2 is 1.74 bits per heavy atom. The average molecular weight is 609 g/mol. The standard InChI is InChI=1S/C31H28Cl2FN5O3/c1-42-21-7-9-26(33)25(17-21)28-18-39(36-35-28)29-12-15-38(31(29)41)20-10-13-37(14-11-20)30(40)24-5-3-2-4-22(24)23-8-6-19(32)16-27(23)34/h2-9,16-18,20,29H,10-15H2,1H3. The fourth-order valence-corrected chi connectivity index (χ4v) is 6.21. The van der Waals surface area contributed by atoms with Crippen LogP contribution < -0.4 is 4.74 Å². The summed E-state index contributed by atoms with van der Waals surface area (Å²) < 4.78 is 21.6. The van der Waals surface area contributed by atoms with Crippen LogP contribution in [0.1, 0.15) is 35.7 Å². The van der Waals surface area contributed by atoms with Crippen LogP contribution in [0.25, 0.3) is 22.4 Å². The number of amides is 2. The highest BCUT2D eigenvalue weighted by atomic mass is 35.5. The highest BCUT2D eigenvalue weighted by molar-refractivity contribution is 6.33. The molecule has 1 aromatic heterocycles. The number of piperidine rings is 1. The van der Waals surface area contributed by atoms with E-state index in [1.807, 2.05) is 4.90 Å². The minimum Gasteiger partial charge on any atom is -0.497 e. The molecule has 6 rings (SSSR count). The number of likely N-dealkylation sites (tertiary alicyclic amines) is 2. The number of methoxy groups -OCH3 is 1. The normalized spacial score (nSPS) is 17.6. The number of benzene rings is 3. The number of nitrogens with zero attached hydrogens (tertiary/aromatic N) is 5. The van der Waals surface area contributed by atoms with Crippen LogP contribution in [0, 0.1) is 5.82 Å². The largest absolute Gasteiger partial charge is 0.497 e. The van der Waals surface area contributed by atoms with E-state index in [0.29, 0.717) is 82.6 Å². The van der Waals surface area contributed by atoms with Crippen molar-refractivity contribution in [3.8, 4) is 28.1 Å². The maximum absolute atomic E-state index is 14.7. The van der Waals surface area contributed by atoms with Crippen molar-refractivity contribution in [2.75, 3.05) is 26.7 Å². The first kappa shape index (κ1) is 28.2. The lowest BCUT2D eigenvalue weighted by Crippen LogP contribution is -2.47.